The second-order valence-corrected chi connectivity index (χ2v) is 3.36. The average Bonchev–Trinajstić information content (AvgIpc) is 2.81. The summed E-state index contributed by atoms with van der Waals surface area (Å²) in [7, 11) is 0. The van der Waals surface area contributed by atoms with Crippen molar-refractivity contribution in [2.24, 2.45) is 0 Å². The van der Waals surface area contributed by atoms with Crippen LogP contribution in [-0.4, -0.2) is 31.9 Å². The maximum Gasteiger partial charge on any atom is 0.311 e. The fourth-order valence-electron chi connectivity index (χ4n) is 1.48. The number of hydrogen-bond acceptors (Lipinski definition) is 4. The molecule has 0 aliphatic heterocycles. The number of carboxylic acids is 1. The molecule has 86 valence electrons. The Kier molecular flexibility index (Phi) is 2.95. The summed E-state index contributed by atoms with van der Waals surface area (Å²) in [6.45, 7) is 0. The number of aliphatic carboxylic acids is 1. The van der Waals surface area contributed by atoms with Crippen LogP contribution in [0.5, 0.6) is 0 Å². The molecule has 6 heteroatoms. The molecular weight excluding hydrogens is 222 g/mol. The van der Waals surface area contributed by atoms with Crippen molar-refractivity contribution in [3.8, 4) is 5.69 Å². The van der Waals surface area contributed by atoms with Crippen molar-refractivity contribution in [2.75, 3.05) is 0 Å². The van der Waals surface area contributed by atoms with E-state index >= 15 is 0 Å². The van der Waals surface area contributed by atoms with Crippen LogP contribution in [0.1, 0.15) is 16.8 Å². The minimum atomic E-state index is -1.15. The van der Waals surface area contributed by atoms with Gasteiger partial charge in [-0.1, -0.05) is 17.3 Å². The number of carboxylic acid groups (broad SMARTS) is 1. The summed E-state index contributed by atoms with van der Waals surface area (Å²) in [6, 6.07) is 6.68. The predicted octanol–water partition coefficient (Wildman–Crippen LogP) is 0.925. The van der Waals surface area contributed by atoms with Crippen molar-refractivity contribution in [1.29, 1.82) is 0 Å². The standard InChI is InChI=1S/C11H9N3O3/c15-10(7-11(16)17)8-3-1-2-4-9(8)14-6-5-12-13-14/h1-6H,7H2,(H,16,17). The molecule has 17 heavy (non-hydrogen) atoms. The van der Waals surface area contributed by atoms with E-state index in [0.717, 1.165) is 0 Å². The van der Waals surface area contributed by atoms with Gasteiger partial charge in [-0.2, -0.15) is 0 Å². The van der Waals surface area contributed by atoms with Crippen LogP contribution in [0.3, 0.4) is 0 Å². The van der Waals surface area contributed by atoms with E-state index in [1.165, 1.54) is 10.9 Å². The Morgan fingerprint density at radius 2 is 2.06 bits per heavy atom. The fourth-order valence-corrected chi connectivity index (χ4v) is 1.48. The van der Waals surface area contributed by atoms with Crippen LogP contribution >= 0.6 is 0 Å². The van der Waals surface area contributed by atoms with Crippen LogP contribution in [0.25, 0.3) is 5.69 Å². The Morgan fingerprint density at radius 1 is 1.29 bits per heavy atom. The molecule has 0 saturated heterocycles. The highest BCUT2D eigenvalue weighted by atomic mass is 16.4. The lowest BCUT2D eigenvalue weighted by molar-refractivity contribution is -0.135. The molecule has 2 rings (SSSR count). The first-order valence-corrected chi connectivity index (χ1v) is 4.89. The Balaban J connectivity index is 2.41. The summed E-state index contributed by atoms with van der Waals surface area (Å²) < 4.78 is 1.43. The molecule has 1 heterocycles. The summed E-state index contributed by atoms with van der Waals surface area (Å²) in [5, 5.41) is 16.0. The topological polar surface area (TPSA) is 85.1 Å². The zero-order chi connectivity index (χ0) is 12.3. The average molecular weight is 231 g/mol. The quantitative estimate of drug-likeness (QED) is 0.624. The van der Waals surface area contributed by atoms with Gasteiger partial charge in [0, 0.05) is 5.56 Å². The van der Waals surface area contributed by atoms with Crippen LogP contribution in [-0.2, 0) is 4.79 Å². The zero-order valence-corrected chi connectivity index (χ0v) is 8.78. The van der Waals surface area contributed by atoms with Gasteiger partial charge in [0.2, 0.25) is 0 Å². The maximum absolute atomic E-state index is 11.7. The highest BCUT2D eigenvalue weighted by Gasteiger charge is 2.15. The second kappa shape index (κ2) is 4.56. The Morgan fingerprint density at radius 3 is 2.71 bits per heavy atom. The highest BCUT2D eigenvalue weighted by molar-refractivity contribution is 6.07. The van der Waals surface area contributed by atoms with Crippen LogP contribution in [0.2, 0.25) is 0 Å². The first kappa shape index (κ1) is 11.0. The lowest BCUT2D eigenvalue weighted by Crippen LogP contribution is -2.11. The van der Waals surface area contributed by atoms with E-state index in [2.05, 4.69) is 10.3 Å². The Hall–Kier alpha value is -2.50. The molecule has 1 N–H and O–H groups in total. The van der Waals surface area contributed by atoms with E-state index in [0.29, 0.717) is 11.3 Å². The van der Waals surface area contributed by atoms with E-state index in [-0.39, 0.29) is 0 Å². The van der Waals surface area contributed by atoms with Crippen molar-refractivity contribution >= 4 is 11.8 Å². The first-order chi connectivity index (χ1) is 8.18. The Bertz CT molecular complexity index is 549. The first-order valence-electron chi connectivity index (χ1n) is 4.89. The number of carbonyl (C=O) groups is 2. The van der Waals surface area contributed by atoms with Gasteiger partial charge in [-0.15, -0.1) is 5.10 Å². The number of rotatable bonds is 4. The normalized spacial score (nSPS) is 10.1. The smallest absolute Gasteiger partial charge is 0.311 e. The van der Waals surface area contributed by atoms with Gasteiger partial charge in [0.25, 0.3) is 0 Å². The monoisotopic (exact) mass is 231 g/mol. The molecule has 2 aromatic rings. The summed E-state index contributed by atoms with van der Waals surface area (Å²) in [5.74, 6) is -1.60. The molecule has 1 aromatic heterocycles. The van der Waals surface area contributed by atoms with Gasteiger partial charge in [-0.3, -0.25) is 9.59 Å². The van der Waals surface area contributed by atoms with Crippen molar-refractivity contribution < 1.29 is 14.7 Å². The third-order valence-electron chi connectivity index (χ3n) is 2.19. The SMILES string of the molecule is O=C(O)CC(=O)c1ccccc1-n1ccnn1. The van der Waals surface area contributed by atoms with Crippen LogP contribution in [0.15, 0.2) is 36.7 Å². The van der Waals surface area contributed by atoms with Gasteiger partial charge in [0.1, 0.15) is 6.42 Å². The molecule has 0 atom stereocenters. The number of Topliss-reactive ketones (excluding diaryl/α,β-unsaturated/α-hetero) is 1. The molecule has 0 spiro atoms. The minimum Gasteiger partial charge on any atom is -0.481 e. The van der Waals surface area contributed by atoms with Crippen molar-refractivity contribution in [1.82, 2.24) is 15.0 Å². The molecule has 0 fully saturated rings. The van der Waals surface area contributed by atoms with Crippen LogP contribution in [0, 0.1) is 0 Å². The van der Waals surface area contributed by atoms with Crippen molar-refractivity contribution in [3.63, 3.8) is 0 Å². The van der Waals surface area contributed by atoms with Crippen molar-refractivity contribution in [3.05, 3.63) is 42.2 Å². The molecule has 0 bridgehead atoms. The second-order valence-electron chi connectivity index (χ2n) is 3.36. The van der Waals surface area contributed by atoms with E-state index in [1.54, 1.807) is 30.5 Å². The molecule has 1 aromatic carbocycles. The molecule has 6 nitrogen and oxygen atoms in total. The summed E-state index contributed by atoms with van der Waals surface area (Å²) in [6.07, 6.45) is 2.54. The summed E-state index contributed by atoms with van der Waals surface area (Å²) in [5.41, 5.74) is 0.844. The Labute approximate surface area is 96.5 Å². The number of para-hydroxylation sites is 1. The minimum absolute atomic E-state index is 0.320. The van der Waals surface area contributed by atoms with Gasteiger partial charge < -0.3 is 5.11 Å². The van der Waals surface area contributed by atoms with E-state index < -0.39 is 18.2 Å². The van der Waals surface area contributed by atoms with Crippen LogP contribution in [0.4, 0.5) is 0 Å². The number of nitrogens with zero attached hydrogens (tertiary/aromatic N) is 3. The number of benzene rings is 1. The summed E-state index contributed by atoms with van der Waals surface area (Å²) in [4.78, 5) is 22.3. The van der Waals surface area contributed by atoms with Gasteiger partial charge >= 0.3 is 5.97 Å². The van der Waals surface area contributed by atoms with Gasteiger partial charge in [-0.25, -0.2) is 4.68 Å². The number of aromatic nitrogens is 3. The van der Waals surface area contributed by atoms with Crippen LogP contribution < -0.4 is 0 Å². The van der Waals surface area contributed by atoms with Gasteiger partial charge in [0.15, 0.2) is 5.78 Å². The fraction of sp³-hybridized carbons (Fsp3) is 0.0909. The van der Waals surface area contributed by atoms with E-state index in [1.807, 2.05) is 0 Å². The van der Waals surface area contributed by atoms with Gasteiger partial charge in [0.05, 0.1) is 18.1 Å². The molecule has 0 saturated carbocycles. The molecule has 0 amide bonds. The number of hydrogen-bond donors (Lipinski definition) is 1. The third kappa shape index (κ3) is 2.36. The number of ketones is 1. The third-order valence-corrected chi connectivity index (χ3v) is 2.19. The molecular formula is C11H9N3O3. The predicted molar refractivity (Wildman–Crippen MR) is 57.9 cm³/mol. The van der Waals surface area contributed by atoms with Crippen molar-refractivity contribution in [2.45, 2.75) is 6.42 Å². The lowest BCUT2D eigenvalue weighted by atomic mass is 10.1. The van der Waals surface area contributed by atoms with E-state index in [4.69, 9.17) is 5.11 Å². The molecule has 0 unspecified atom stereocenters. The zero-order valence-electron chi connectivity index (χ0n) is 8.78. The highest BCUT2D eigenvalue weighted by Crippen LogP contribution is 2.14. The molecule has 0 aliphatic rings. The van der Waals surface area contributed by atoms with Gasteiger partial charge in [-0.05, 0) is 12.1 Å². The maximum atomic E-state index is 11.7. The number of carbonyl (C=O) groups excluding carboxylic acids is 1. The summed E-state index contributed by atoms with van der Waals surface area (Å²) >= 11 is 0. The lowest BCUT2D eigenvalue weighted by Gasteiger charge is -2.06. The molecule has 0 aliphatic carbocycles. The molecule has 0 radical (unpaired) electrons. The largest absolute Gasteiger partial charge is 0.481 e. The van der Waals surface area contributed by atoms with E-state index in [9.17, 15) is 9.59 Å².